The summed E-state index contributed by atoms with van der Waals surface area (Å²) in [6.07, 6.45) is 0. The average Bonchev–Trinajstić information content (AvgIpc) is 2.38. The number of carbonyl (C=O) groups excluding carboxylic acids is 1. The maximum absolute atomic E-state index is 10.9. The molecule has 2 aromatic carbocycles. The van der Waals surface area contributed by atoms with Crippen LogP contribution in [0.5, 0.6) is 5.75 Å². The van der Waals surface area contributed by atoms with Gasteiger partial charge in [-0.2, -0.15) is 0 Å². The average molecular weight is 261 g/mol. The van der Waals surface area contributed by atoms with Crippen molar-refractivity contribution in [2.75, 3.05) is 0 Å². The Kier molecular flexibility index (Phi) is 4.00. The molecule has 2 nitrogen and oxygen atoms in total. The summed E-state index contributed by atoms with van der Waals surface area (Å²) in [6, 6.07) is 14.9. The molecule has 2 rings (SSSR count). The summed E-state index contributed by atoms with van der Waals surface area (Å²) in [5, 5.41) is -0.458. The molecule has 0 spiro atoms. The molecule has 0 amide bonds. The molecule has 0 unspecified atom stereocenters. The van der Waals surface area contributed by atoms with Crippen molar-refractivity contribution in [2.45, 2.75) is 13.5 Å². The number of benzene rings is 2. The Bertz CT molecular complexity index is 547. The van der Waals surface area contributed by atoms with Gasteiger partial charge in [0.05, 0.1) is 0 Å². The van der Waals surface area contributed by atoms with Crippen LogP contribution in [0.1, 0.15) is 21.5 Å². The second kappa shape index (κ2) is 5.69. The van der Waals surface area contributed by atoms with Crippen molar-refractivity contribution in [3.8, 4) is 5.75 Å². The highest BCUT2D eigenvalue weighted by Gasteiger charge is 2.02. The molecule has 92 valence electrons. The fourth-order valence-electron chi connectivity index (χ4n) is 1.62. The Morgan fingerprint density at radius 3 is 2.39 bits per heavy atom. The van der Waals surface area contributed by atoms with Crippen molar-refractivity contribution in [1.82, 2.24) is 0 Å². The second-order valence-electron chi connectivity index (χ2n) is 4.01. The molecule has 3 heteroatoms. The van der Waals surface area contributed by atoms with Crippen LogP contribution in [0.2, 0.25) is 0 Å². The lowest BCUT2D eigenvalue weighted by atomic mass is 10.1. The first-order valence-electron chi connectivity index (χ1n) is 5.64. The van der Waals surface area contributed by atoms with E-state index in [2.05, 4.69) is 0 Å². The van der Waals surface area contributed by atoms with Gasteiger partial charge in [-0.25, -0.2) is 0 Å². The van der Waals surface area contributed by atoms with Crippen LogP contribution in [0.25, 0.3) is 0 Å². The number of hydrogen-bond acceptors (Lipinski definition) is 2. The minimum atomic E-state index is -0.458. The number of ether oxygens (including phenoxy) is 1. The highest BCUT2D eigenvalue weighted by molar-refractivity contribution is 6.67. The van der Waals surface area contributed by atoms with Crippen molar-refractivity contribution in [3.05, 3.63) is 65.2 Å². The van der Waals surface area contributed by atoms with Gasteiger partial charge in [0, 0.05) is 5.56 Å². The number of aryl methyl sites for hydroxylation is 1. The fourth-order valence-corrected chi connectivity index (χ4v) is 1.74. The van der Waals surface area contributed by atoms with Crippen LogP contribution in [-0.2, 0) is 6.61 Å². The van der Waals surface area contributed by atoms with Gasteiger partial charge in [-0.3, -0.25) is 4.79 Å². The largest absolute Gasteiger partial charge is 0.489 e. The molecular formula is C15H13ClO2. The Balaban J connectivity index is 2.02. The van der Waals surface area contributed by atoms with E-state index in [0.29, 0.717) is 12.2 Å². The summed E-state index contributed by atoms with van der Waals surface area (Å²) in [6.45, 7) is 2.56. The molecule has 0 aliphatic carbocycles. The van der Waals surface area contributed by atoms with E-state index in [0.717, 1.165) is 11.3 Å². The van der Waals surface area contributed by atoms with Gasteiger partial charge in [0.15, 0.2) is 0 Å². The molecule has 0 bridgehead atoms. The lowest BCUT2D eigenvalue weighted by molar-refractivity contribution is 0.108. The van der Waals surface area contributed by atoms with Gasteiger partial charge in [0.1, 0.15) is 12.4 Å². The molecular weight excluding hydrogens is 248 g/mol. The maximum Gasteiger partial charge on any atom is 0.252 e. The van der Waals surface area contributed by atoms with Crippen molar-refractivity contribution in [3.63, 3.8) is 0 Å². The third kappa shape index (κ3) is 3.11. The highest BCUT2D eigenvalue weighted by atomic mass is 35.5. The lowest BCUT2D eigenvalue weighted by Gasteiger charge is -2.08. The molecule has 0 heterocycles. The zero-order chi connectivity index (χ0) is 13.0. The van der Waals surface area contributed by atoms with Gasteiger partial charge < -0.3 is 4.74 Å². The first kappa shape index (κ1) is 12.7. The predicted octanol–water partition coefficient (Wildman–Crippen LogP) is 3.95. The van der Waals surface area contributed by atoms with Crippen LogP contribution in [0.15, 0.2) is 48.5 Å². The van der Waals surface area contributed by atoms with Crippen molar-refractivity contribution in [1.29, 1.82) is 0 Å². The van der Waals surface area contributed by atoms with Crippen LogP contribution in [0, 0.1) is 6.92 Å². The molecule has 0 aliphatic heterocycles. The van der Waals surface area contributed by atoms with E-state index in [1.807, 2.05) is 31.2 Å². The van der Waals surface area contributed by atoms with Gasteiger partial charge in [0.2, 0.25) is 0 Å². The van der Waals surface area contributed by atoms with Crippen molar-refractivity contribution >= 4 is 16.8 Å². The molecule has 0 radical (unpaired) electrons. The highest BCUT2D eigenvalue weighted by Crippen LogP contribution is 2.16. The molecule has 0 aliphatic rings. The normalized spacial score (nSPS) is 10.1. The van der Waals surface area contributed by atoms with Gasteiger partial charge in [-0.15, -0.1) is 0 Å². The van der Waals surface area contributed by atoms with Crippen LogP contribution in [-0.4, -0.2) is 5.24 Å². The standard InChI is InChI=1S/C15H13ClO2/c1-11-4-2-3-5-13(11)10-18-14-8-6-12(7-9-14)15(16)17/h2-9H,10H2,1H3. The monoisotopic (exact) mass is 260 g/mol. The summed E-state index contributed by atoms with van der Waals surface area (Å²) in [7, 11) is 0. The Hall–Kier alpha value is -1.80. The van der Waals surface area contributed by atoms with E-state index in [4.69, 9.17) is 16.3 Å². The van der Waals surface area contributed by atoms with E-state index >= 15 is 0 Å². The third-order valence-electron chi connectivity index (χ3n) is 2.74. The Morgan fingerprint density at radius 2 is 1.78 bits per heavy atom. The zero-order valence-corrected chi connectivity index (χ0v) is 10.8. The third-order valence-corrected chi connectivity index (χ3v) is 2.96. The molecule has 0 N–H and O–H groups in total. The van der Waals surface area contributed by atoms with Crippen molar-refractivity contribution in [2.24, 2.45) is 0 Å². The van der Waals surface area contributed by atoms with Crippen molar-refractivity contribution < 1.29 is 9.53 Å². The summed E-state index contributed by atoms with van der Waals surface area (Å²) >= 11 is 5.37. The number of hydrogen-bond donors (Lipinski definition) is 0. The van der Waals surface area contributed by atoms with E-state index in [1.54, 1.807) is 24.3 Å². The van der Waals surface area contributed by atoms with Crippen LogP contribution in [0.3, 0.4) is 0 Å². The fraction of sp³-hybridized carbons (Fsp3) is 0.133. The van der Waals surface area contributed by atoms with Crippen LogP contribution in [0.4, 0.5) is 0 Å². The number of rotatable bonds is 4. The Morgan fingerprint density at radius 1 is 1.11 bits per heavy atom. The zero-order valence-electron chi connectivity index (χ0n) is 10.0. The van der Waals surface area contributed by atoms with Gasteiger partial charge in [-0.05, 0) is 53.9 Å². The molecule has 0 saturated carbocycles. The van der Waals surface area contributed by atoms with Crippen LogP contribution < -0.4 is 4.74 Å². The molecule has 18 heavy (non-hydrogen) atoms. The first-order valence-corrected chi connectivity index (χ1v) is 6.02. The summed E-state index contributed by atoms with van der Waals surface area (Å²) in [4.78, 5) is 10.9. The van der Waals surface area contributed by atoms with Gasteiger partial charge in [-0.1, -0.05) is 24.3 Å². The smallest absolute Gasteiger partial charge is 0.252 e. The van der Waals surface area contributed by atoms with E-state index in [9.17, 15) is 4.79 Å². The number of carbonyl (C=O) groups is 1. The predicted molar refractivity (Wildman–Crippen MR) is 72.1 cm³/mol. The Labute approximate surface area is 111 Å². The minimum Gasteiger partial charge on any atom is -0.489 e. The molecule has 0 fully saturated rings. The lowest BCUT2D eigenvalue weighted by Crippen LogP contribution is -1.98. The molecule has 0 atom stereocenters. The number of halogens is 1. The summed E-state index contributed by atoms with van der Waals surface area (Å²) < 4.78 is 5.65. The molecule has 2 aromatic rings. The minimum absolute atomic E-state index is 0.458. The van der Waals surface area contributed by atoms with Gasteiger partial charge >= 0.3 is 0 Å². The van der Waals surface area contributed by atoms with E-state index in [1.165, 1.54) is 5.56 Å². The quantitative estimate of drug-likeness (QED) is 0.778. The summed E-state index contributed by atoms with van der Waals surface area (Å²) in [5.41, 5.74) is 2.82. The molecule has 0 aromatic heterocycles. The molecule has 0 saturated heterocycles. The first-order chi connectivity index (χ1) is 8.66. The van der Waals surface area contributed by atoms with E-state index < -0.39 is 5.24 Å². The second-order valence-corrected chi connectivity index (χ2v) is 4.36. The van der Waals surface area contributed by atoms with Crippen LogP contribution >= 0.6 is 11.6 Å². The summed E-state index contributed by atoms with van der Waals surface area (Å²) in [5.74, 6) is 0.722. The SMILES string of the molecule is Cc1ccccc1COc1ccc(C(=O)Cl)cc1. The van der Waals surface area contributed by atoms with E-state index in [-0.39, 0.29) is 0 Å². The van der Waals surface area contributed by atoms with Gasteiger partial charge in [0.25, 0.3) is 5.24 Å². The maximum atomic E-state index is 10.9. The topological polar surface area (TPSA) is 26.3 Å².